The summed E-state index contributed by atoms with van der Waals surface area (Å²) in [5.41, 5.74) is 2.18. The van der Waals surface area contributed by atoms with Crippen LogP contribution in [0.5, 0.6) is 0 Å². The zero-order valence-corrected chi connectivity index (χ0v) is 14.3. The van der Waals surface area contributed by atoms with Crippen LogP contribution in [0.2, 0.25) is 0 Å². The number of pyridine rings is 1. The van der Waals surface area contributed by atoms with Crippen molar-refractivity contribution in [3.63, 3.8) is 0 Å². The van der Waals surface area contributed by atoms with E-state index in [1.165, 1.54) is 24.3 Å². The Bertz CT molecular complexity index is 857. The van der Waals surface area contributed by atoms with Gasteiger partial charge in [0.25, 0.3) is 17.4 Å². The summed E-state index contributed by atoms with van der Waals surface area (Å²) in [6.45, 7) is 5.68. The van der Waals surface area contributed by atoms with Crippen LogP contribution in [0.3, 0.4) is 0 Å². The number of aromatic nitrogens is 1. The number of rotatable bonds is 5. The Morgan fingerprint density at radius 3 is 2.12 bits per heavy atom. The molecule has 1 aromatic heterocycles. The van der Waals surface area contributed by atoms with E-state index in [9.17, 15) is 18.8 Å². The van der Waals surface area contributed by atoms with E-state index in [1.807, 2.05) is 6.92 Å². The van der Waals surface area contributed by atoms with E-state index >= 15 is 0 Å². The Balaban J connectivity index is 1.91. The first-order valence-electron chi connectivity index (χ1n) is 7.83. The van der Waals surface area contributed by atoms with Gasteiger partial charge in [-0.3, -0.25) is 14.4 Å². The molecule has 7 heteroatoms. The second-order valence-electron chi connectivity index (χ2n) is 5.72. The quantitative estimate of drug-likeness (QED) is 0.719. The summed E-state index contributed by atoms with van der Waals surface area (Å²) >= 11 is 0. The second kappa shape index (κ2) is 7.74. The molecule has 1 heterocycles. The Morgan fingerprint density at radius 1 is 0.960 bits per heavy atom. The van der Waals surface area contributed by atoms with Crippen LogP contribution in [-0.4, -0.2) is 29.9 Å². The first kappa shape index (κ1) is 18.4. The predicted molar refractivity (Wildman–Crippen MR) is 92.3 cm³/mol. The summed E-state index contributed by atoms with van der Waals surface area (Å²) in [6.07, 6.45) is 0. The van der Waals surface area contributed by atoms with Gasteiger partial charge in [-0.05, 0) is 56.2 Å². The summed E-state index contributed by atoms with van der Waals surface area (Å²) < 4.78 is 12.8. The van der Waals surface area contributed by atoms with Crippen molar-refractivity contribution in [1.29, 1.82) is 0 Å². The van der Waals surface area contributed by atoms with Crippen molar-refractivity contribution < 1.29 is 14.0 Å². The standard InChI is InChI=1S/C18H20FN3O3/c1-10-11(2)15(18(25)22-12(10)3)17(24)21-9-8-20-16(23)13-4-6-14(19)7-5-13/h4-7H,8-9H2,1-3H3,(H,20,23)(H,21,24)(H,22,25). The van der Waals surface area contributed by atoms with Gasteiger partial charge in [0.1, 0.15) is 11.4 Å². The number of halogens is 1. The number of amides is 2. The predicted octanol–water partition coefficient (Wildman–Crippen LogP) is 1.60. The highest BCUT2D eigenvalue weighted by molar-refractivity contribution is 5.96. The fraction of sp³-hybridized carbons (Fsp3) is 0.278. The fourth-order valence-electron chi connectivity index (χ4n) is 2.38. The van der Waals surface area contributed by atoms with Crippen LogP contribution >= 0.6 is 0 Å². The molecule has 2 aromatic rings. The molecule has 0 saturated carbocycles. The molecule has 25 heavy (non-hydrogen) atoms. The van der Waals surface area contributed by atoms with Gasteiger partial charge < -0.3 is 15.6 Å². The first-order chi connectivity index (χ1) is 11.8. The van der Waals surface area contributed by atoms with Crippen LogP contribution in [0.4, 0.5) is 4.39 Å². The topological polar surface area (TPSA) is 91.1 Å². The van der Waals surface area contributed by atoms with Gasteiger partial charge in [0.2, 0.25) is 0 Å². The number of hydrogen-bond donors (Lipinski definition) is 3. The lowest BCUT2D eigenvalue weighted by molar-refractivity contribution is 0.0926. The lowest BCUT2D eigenvalue weighted by Crippen LogP contribution is -2.37. The molecule has 0 aliphatic rings. The second-order valence-corrected chi connectivity index (χ2v) is 5.72. The smallest absolute Gasteiger partial charge is 0.261 e. The highest BCUT2D eigenvalue weighted by Gasteiger charge is 2.16. The number of carbonyl (C=O) groups is 2. The Labute approximate surface area is 144 Å². The fourth-order valence-corrected chi connectivity index (χ4v) is 2.38. The third-order valence-corrected chi connectivity index (χ3v) is 4.06. The monoisotopic (exact) mass is 345 g/mol. The molecule has 0 radical (unpaired) electrons. The number of benzene rings is 1. The third-order valence-electron chi connectivity index (χ3n) is 4.06. The van der Waals surface area contributed by atoms with Gasteiger partial charge in [0.15, 0.2) is 0 Å². The van der Waals surface area contributed by atoms with Gasteiger partial charge in [0.05, 0.1) is 0 Å². The van der Waals surface area contributed by atoms with Crippen molar-refractivity contribution in [2.75, 3.05) is 13.1 Å². The van der Waals surface area contributed by atoms with Crippen molar-refractivity contribution >= 4 is 11.8 Å². The van der Waals surface area contributed by atoms with Crippen molar-refractivity contribution in [3.05, 3.63) is 68.4 Å². The average molecular weight is 345 g/mol. The molecule has 2 amide bonds. The highest BCUT2D eigenvalue weighted by Crippen LogP contribution is 2.11. The Hall–Kier alpha value is -2.96. The van der Waals surface area contributed by atoms with Gasteiger partial charge in [-0.25, -0.2) is 4.39 Å². The van der Waals surface area contributed by atoms with E-state index in [2.05, 4.69) is 15.6 Å². The molecule has 0 spiro atoms. The minimum absolute atomic E-state index is 0.0768. The molecule has 0 unspecified atom stereocenters. The van der Waals surface area contributed by atoms with Crippen LogP contribution in [0.15, 0.2) is 29.1 Å². The molecule has 0 aliphatic carbocycles. The molecule has 0 fully saturated rings. The van der Waals surface area contributed by atoms with Gasteiger partial charge >= 0.3 is 0 Å². The number of carbonyl (C=O) groups excluding carboxylic acids is 2. The molecule has 6 nitrogen and oxygen atoms in total. The maximum Gasteiger partial charge on any atom is 0.261 e. The summed E-state index contributed by atoms with van der Waals surface area (Å²) in [7, 11) is 0. The zero-order chi connectivity index (χ0) is 18.6. The Morgan fingerprint density at radius 2 is 1.52 bits per heavy atom. The molecule has 0 bridgehead atoms. The molecule has 132 valence electrons. The van der Waals surface area contributed by atoms with Gasteiger partial charge in [-0.15, -0.1) is 0 Å². The van der Waals surface area contributed by atoms with Crippen molar-refractivity contribution in [2.45, 2.75) is 20.8 Å². The minimum Gasteiger partial charge on any atom is -0.350 e. The molecule has 0 saturated heterocycles. The van der Waals surface area contributed by atoms with E-state index in [1.54, 1.807) is 13.8 Å². The molecule has 3 N–H and O–H groups in total. The molecular formula is C18H20FN3O3. The van der Waals surface area contributed by atoms with Crippen molar-refractivity contribution in [3.8, 4) is 0 Å². The summed E-state index contributed by atoms with van der Waals surface area (Å²) in [5, 5.41) is 5.22. The van der Waals surface area contributed by atoms with Gasteiger partial charge in [-0.1, -0.05) is 0 Å². The van der Waals surface area contributed by atoms with Crippen molar-refractivity contribution in [1.82, 2.24) is 15.6 Å². The minimum atomic E-state index is -0.488. The lowest BCUT2D eigenvalue weighted by atomic mass is 10.0. The van der Waals surface area contributed by atoms with Crippen LogP contribution in [0.1, 0.15) is 37.5 Å². The molecular weight excluding hydrogens is 325 g/mol. The van der Waals surface area contributed by atoms with E-state index in [0.717, 1.165) is 11.3 Å². The van der Waals surface area contributed by atoms with Gasteiger partial charge in [0, 0.05) is 24.3 Å². The first-order valence-corrected chi connectivity index (χ1v) is 7.83. The van der Waals surface area contributed by atoms with E-state index in [4.69, 9.17) is 0 Å². The van der Waals surface area contributed by atoms with Gasteiger partial charge in [-0.2, -0.15) is 0 Å². The molecule has 2 rings (SSSR count). The number of aromatic amines is 1. The van der Waals surface area contributed by atoms with Crippen LogP contribution in [0, 0.1) is 26.6 Å². The van der Waals surface area contributed by atoms with Crippen LogP contribution in [-0.2, 0) is 0 Å². The normalized spacial score (nSPS) is 10.4. The maximum absolute atomic E-state index is 12.8. The average Bonchev–Trinajstić information content (AvgIpc) is 2.57. The summed E-state index contributed by atoms with van der Waals surface area (Å²) in [5.74, 6) is -1.27. The summed E-state index contributed by atoms with van der Waals surface area (Å²) in [6, 6.07) is 5.15. The van der Waals surface area contributed by atoms with Crippen LogP contribution in [0.25, 0.3) is 0 Å². The summed E-state index contributed by atoms with van der Waals surface area (Å²) in [4.78, 5) is 38.7. The molecule has 0 aliphatic heterocycles. The van der Waals surface area contributed by atoms with E-state index in [-0.39, 0.29) is 24.6 Å². The molecule has 0 atom stereocenters. The highest BCUT2D eigenvalue weighted by atomic mass is 19.1. The van der Waals surface area contributed by atoms with Crippen LogP contribution < -0.4 is 16.2 Å². The maximum atomic E-state index is 12.8. The molecule has 1 aromatic carbocycles. The van der Waals surface area contributed by atoms with Crippen molar-refractivity contribution in [2.24, 2.45) is 0 Å². The van der Waals surface area contributed by atoms with E-state index < -0.39 is 17.3 Å². The Kier molecular flexibility index (Phi) is 5.69. The third kappa shape index (κ3) is 4.32. The van der Waals surface area contributed by atoms with E-state index in [0.29, 0.717) is 11.1 Å². The number of H-pyrrole nitrogens is 1. The lowest BCUT2D eigenvalue weighted by Gasteiger charge is -2.11. The number of hydrogen-bond acceptors (Lipinski definition) is 3. The SMILES string of the molecule is Cc1[nH]c(=O)c(C(=O)NCCNC(=O)c2ccc(F)cc2)c(C)c1C. The largest absolute Gasteiger partial charge is 0.350 e. The number of nitrogens with one attached hydrogen (secondary N) is 3. The number of aryl methyl sites for hydroxylation is 1. The zero-order valence-electron chi connectivity index (χ0n) is 14.3.